The van der Waals surface area contributed by atoms with Crippen LogP contribution in [0.3, 0.4) is 0 Å². The second kappa shape index (κ2) is 5.71. The Morgan fingerprint density at radius 1 is 1.14 bits per heavy atom. The molecule has 3 rings (SSSR count). The third-order valence-corrected chi connectivity index (χ3v) is 3.48. The number of nitrogens with zero attached hydrogens (tertiary/aromatic N) is 4. The van der Waals surface area contributed by atoms with E-state index in [1.54, 1.807) is 42.7 Å². The van der Waals surface area contributed by atoms with Gasteiger partial charge in [-0.3, -0.25) is 15.1 Å². The average Bonchev–Trinajstić information content (AvgIpc) is 2.97. The minimum Gasteiger partial charge on any atom is -0.411 e. The number of hydrogen-bond donors (Lipinski definition) is 0. The predicted molar refractivity (Wildman–Crippen MR) is 74.7 cm³/mol. The maximum absolute atomic E-state index is 11.0. The van der Waals surface area contributed by atoms with Crippen LogP contribution < -0.4 is 0 Å². The Morgan fingerprint density at radius 2 is 2.00 bits per heavy atom. The highest BCUT2D eigenvalue weighted by Gasteiger charge is 2.17. The zero-order chi connectivity index (χ0) is 14.7. The summed E-state index contributed by atoms with van der Waals surface area (Å²) < 4.78 is 5.49. The van der Waals surface area contributed by atoms with Gasteiger partial charge in [0.1, 0.15) is 0 Å². The number of nitro benzene ring substituents is 1. The summed E-state index contributed by atoms with van der Waals surface area (Å²) in [4.78, 5) is 14.9. The molecule has 0 radical (unpaired) electrons. The van der Waals surface area contributed by atoms with Crippen molar-refractivity contribution in [1.29, 1.82) is 0 Å². The minimum absolute atomic E-state index is 0.00336. The van der Waals surface area contributed by atoms with Crippen molar-refractivity contribution >= 4 is 17.4 Å². The maximum Gasteiger partial charge on any atom is 0.283 e. The third-order valence-electron chi connectivity index (χ3n) is 2.57. The Labute approximate surface area is 123 Å². The topological polar surface area (TPSA) is 95.0 Å². The molecule has 0 bridgehead atoms. The van der Waals surface area contributed by atoms with Crippen LogP contribution in [0.5, 0.6) is 0 Å². The van der Waals surface area contributed by atoms with Crippen molar-refractivity contribution in [3.63, 3.8) is 0 Å². The second-order valence-corrected chi connectivity index (χ2v) is 4.93. The quantitative estimate of drug-likeness (QED) is 0.539. The third kappa shape index (κ3) is 2.90. The number of benzene rings is 1. The number of pyridine rings is 1. The summed E-state index contributed by atoms with van der Waals surface area (Å²) in [6.45, 7) is 0. The van der Waals surface area contributed by atoms with Crippen molar-refractivity contribution in [3.8, 4) is 11.5 Å². The van der Waals surface area contributed by atoms with Gasteiger partial charge in [0.15, 0.2) is 0 Å². The van der Waals surface area contributed by atoms with E-state index in [1.807, 2.05) is 0 Å². The summed E-state index contributed by atoms with van der Waals surface area (Å²) in [5, 5.41) is 19.0. The number of para-hydroxylation sites is 1. The van der Waals surface area contributed by atoms with E-state index < -0.39 is 4.92 Å². The highest BCUT2D eigenvalue weighted by Crippen LogP contribution is 2.34. The molecule has 7 nitrogen and oxygen atoms in total. The van der Waals surface area contributed by atoms with Gasteiger partial charge in [0, 0.05) is 18.5 Å². The Hall–Kier alpha value is -2.74. The highest BCUT2D eigenvalue weighted by atomic mass is 32.2. The van der Waals surface area contributed by atoms with Gasteiger partial charge in [0.25, 0.3) is 10.9 Å². The molecule has 21 heavy (non-hydrogen) atoms. The molecule has 104 valence electrons. The van der Waals surface area contributed by atoms with Gasteiger partial charge in [-0.1, -0.05) is 12.1 Å². The van der Waals surface area contributed by atoms with Gasteiger partial charge in [-0.05, 0) is 30.0 Å². The van der Waals surface area contributed by atoms with E-state index in [2.05, 4.69) is 15.2 Å². The molecule has 0 aliphatic rings. The summed E-state index contributed by atoms with van der Waals surface area (Å²) in [5.74, 6) is 0.323. The van der Waals surface area contributed by atoms with Crippen LogP contribution in [0.2, 0.25) is 0 Å². The van der Waals surface area contributed by atoms with Gasteiger partial charge < -0.3 is 4.42 Å². The van der Waals surface area contributed by atoms with Gasteiger partial charge in [0.05, 0.1) is 15.4 Å². The van der Waals surface area contributed by atoms with Crippen molar-refractivity contribution in [2.45, 2.75) is 10.1 Å². The first-order valence-electron chi connectivity index (χ1n) is 5.89. The van der Waals surface area contributed by atoms with Crippen LogP contribution in [0.1, 0.15) is 0 Å². The number of rotatable bonds is 4. The lowest BCUT2D eigenvalue weighted by atomic mass is 10.3. The van der Waals surface area contributed by atoms with Gasteiger partial charge in [-0.2, -0.15) is 0 Å². The van der Waals surface area contributed by atoms with Crippen molar-refractivity contribution in [2.75, 3.05) is 0 Å². The molecule has 0 saturated heterocycles. The molecule has 0 amide bonds. The van der Waals surface area contributed by atoms with Crippen LogP contribution in [0.15, 0.2) is 63.3 Å². The van der Waals surface area contributed by atoms with Crippen molar-refractivity contribution in [1.82, 2.24) is 15.2 Å². The zero-order valence-corrected chi connectivity index (χ0v) is 11.4. The summed E-state index contributed by atoms with van der Waals surface area (Å²) in [6, 6.07) is 9.94. The van der Waals surface area contributed by atoms with E-state index in [1.165, 1.54) is 6.07 Å². The van der Waals surface area contributed by atoms with E-state index in [0.29, 0.717) is 16.3 Å². The molecule has 3 aromatic rings. The van der Waals surface area contributed by atoms with E-state index in [0.717, 1.165) is 11.8 Å². The number of aromatic nitrogens is 3. The average molecular weight is 300 g/mol. The lowest BCUT2D eigenvalue weighted by Crippen LogP contribution is -1.89. The SMILES string of the molecule is O=[N+]([O-])c1ccccc1Sc1nnc(-c2cccnc2)o1. The minimum atomic E-state index is -0.444. The first kappa shape index (κ1) is 13.3. The molecular weight excluding hydrogens is 292 g/mol. The first-order valence-corrected chi connectivity index (χ1v) is 6.71. The summed E-state index contributed by atoms with van der Waals surface area (Å²) in [5.41, 5.74) is 0.697. The Kier molecular flexibility index (Phi) is 3.61. The van der Waals surface area contributed by atoms with E-state index in [-0.39, 0.29) is 10.9 Å². The Balaban J connectivity index is 1.87. The number of hydrogen-bond acceptors (Lipinski definition) is 7. The van der Waals surface area contributed by atoms with Crippen LogP contribution in [0.4, 0.5) is 5.69 Å². The molecule has 0 spiro atoms. The second-order valence-electron chi connectivity index (χ2n) is 3.94. The van der Waals surface area contributed by atoms with Crippen molar-refractivity contribution in [3.05, 3.63) is 58.9 Å². The van der Waals surface area contributed by atoms with Crippen molar-refractivity contribution < 1.29 is 9.34 Å². The summed E-state index contributed by atoms with van der Waals surface area (Å²) in [6.07, 6.45) is 3.25. The fourth-order valence-electron chi connectivity index (χ4n) is 1.65. The highest BCUT2D eigenvalue weighted by molar-refractivity contribution is 7.99. The molecule has 0 fully saturated rings. The fraction of sp³-hybridized carbons (Fsp3) is 0. The van der Waals surface area contributed by atoms with Crippen LogP contribution in [-0.4, -0.2) is 20.1 Å². The molecule has 0 aliphatic carbocycles. The lowest BCUT2D eigenvalue weighted by molar-refractivity contribution is -0.387. The summed E-state index contributed by atoms with van der Waals surface area (Å²) >= 11 is 1.06. The number of nitro groups is 1. The van der Waals surface area contributed by atoms with E-state index in [9.17, 15) is 10.1 Å². The molecule has 2 heterocycles. The maximum atomic E-state index is 11.0. The lowest BCUT2D eigenvalue weighted by Gasteiger charge is -1.98. The molecule has 2 aromatic heterocycles. The van der Waals surface area contributed by atoms with E-state index >= 15 is 0 Å². The normalized spacial score (nSPS) is 10.5. The Bertz CT molecular complexity index is 776. The molecule has 0 saturated carbocycles. The van der Waals surface area contributed by atoms with Crippen molar-refractivity contribution in [2.24, 2.45) is 0 Å². The molecule has 0 atom stereocenters. The largest absolute Gasteiger partial charge is 0.411 e. The fourth-order valence-corrected chi connectivity index (χ4v) is 2.43. The smallest absolute Gasteiger partial charge is 0.283 e. The monoisotopic (exact) mass is 300 g/mol. The molecular formula is C13H8N4O3S. The van der Waals surface area contributed by atoms with Crippen LogP contribution >= 0.6 is 11.8 Å². The molecule has 1 aromatic carbocycles. The van der Waals surface area contributed by atoms with Crippen LogP contribution in [0.25, 0.3) is 11.5 Å². The first-order chi connectivity index (χ1) is 10.2. The molecule has 8 heteroatoms. The van der Waals surface area contributed by atoms with E-state index in [4.69, 9.17) is 4.42 Å². The molecule has 0 N–H and O–H groups in total. The molecule has 0 unspecified atom stereocenters. The van der Waals surface area contributed by atoms with Crippen LogP contribution in [-0.2, 0) is 0 Å². The van der Waals surface area contributed by atoms with Gasteiger partial charge in [-0.15, -0.1) is 10.2 Å². The standard InChI is InChI=1S/C13H8N4O3S/c18-17(19)10-5-1-2-6-11(10)21-13-16-15-12(20-13)9-4-3-7-14-8-9/h1-8H. The summed E-state index contributed by atoms with van der Waals surface area (Å²) in [7, 11) is 0. The Morgan fingerprint density at radius 3 is 2.76 bits per heavy atom. The predicted octanol–water partition coefficient (Wildman–Crippen LogP) is 3.19. The zero-order valence-electron chi connectivity index (χ0n) is 10.5. The van der Waals surface area contributed by atoms with Gasteiger partial charge in [-0.25, -0.2) is 0 Å². The van der Waals surface area contributed by atoms with Gasteiger partial charge in [0.2, 0.25) is 5.89 Å². The van der Waals surface area contributed by atoms with Crippen LogP contribution in [0, 0.1) is 10.1 Å². The molecule has 0 aliphatic heterocycles. The van der Waals surface area contributed by atoms with Gasteiger partial charge >= 0.3 is 0 Å².